The van der Waals surface area contributed by atoms with E-state index in [2.05, 4.69) is 20.4 Å². The highest BCUT2D eigenvalue weighted by Crippen LogP contribution is 2.36. The van der Waals surface area contributed by atoms with E-state index in [1.807, 2.05) is 0 Å². The molecule has 36 heavy (non-hydrogen) atoms. The Morgan fingerprint density at radius 3 is 2.83 bits per heavy atom. The number of alkyl halides is 3. The summed E-state index contributed by atoms with van der Waals surface area (Å²) in [6.07, 6.45) is 3.01. The van der Waals surface area contributed by atoms with E-state index in [1.54, 1.807) is 23.2 Å². The van der Waals surface area contributed by atoms with E-state index < -0.39 is 24.5 Å². The van der Waals surface area contributed by atoms with Gasteiger partial charge in [0.15, 0.2) is 5.82 Å². The predicted octanol–water partition coefficient (Wildman–Crippen LogP) is 2.99. The molecule has 6 rings (SSSR count). The molecule has 0 amide bonds. The number of rotatable bonds is 7. The van der Waals surface area contributed by atoms with Gasteiger partial charge < -0.3 is 19.4 Å². The molecule has 2 aliphatic heterocycles. The molecular formula is C23H23F4N7O2. The number of benzene rings is 1. The van der Waals surface area contributed by atoms with E-state index in [4.69, 9.17) is 9.47 Å². The molecule has 3 aromatic heterocycles. The number of methoxy groups -OCH3 is 1. The second kappa shape index (κ2) is 8.59. The van der Waals surface area contributed by atoms with Crippen molar-refractivity contribution in [3.8, 4) is 17.0 Å². The number of hydrogen-bond donors (Lipinski definition) is 1. The fourth-order valence-corrected chi connectivity index (χ4v) is 4.81. The van der Waals surface area contributed by atoms with Gasteiger partial charge in [-0.15, -0.1) is 5.10 Å². The van der Waals surface area contributed by atoms with Gasteiger partial charge in [0.2, 0.25) is 11.8 Å². The van der Waals surface area contributed by atoms with Crippen LogP contribution in [0.25, 0.3) is 27.7 Å². The number of fused-ring (bicyclic) bond motifs is 2. The van der Waals surface area contributed by atoms with Crippen LogP contribution in [0.2, 0.25) is 0 Å². The smallest absolute Gasteiger partial charge is 0.281 e. The van der Waals surface area contributed by atoms with Crippen LogP contribution in [0.1, 0.15) is 0 Å². The summed E-state index contributed by atoms with van der Waals surface area (Å²) >= 11 is 0. The lowest BCUT2D eigenvalue weighted by molar-refractivity contribution is -0.0711. The van der Waals surface area contributed by atoms with Crippen molar-refractivity contribution in [3.05, 3.63) is 36.5 Å². The Labute approximate surface area is 202 Å². The van der Waals surface area contributed by atoms with Gasteiger partial charge in [-0.25, -0.2) is 27.1 Å². The second-order valence-corrected chi connectivity index (χ2v) is 9.00. The summed E-state index contributed by atoms with van der Waals surface area (Å²) in [6, 6.07) is 3.55. The molecule has 0 radical (unpaired) electrons. The van der Waals surface area contributed by atoms with Crippen molar-refractivity contribution in [3.63, 3.8) is 0 Å². The first-order valence-corrected chi connectivity index (χ1v) is 11.5. The average Bonchev–Trinajstić information content (AvgIpc) is 3.48. The number of aromatic nitrogens is 5. The highest BCUT2D eigenvalue weighted by atomic mass is 19.3. The molecule has 2 fully saturated rings. The zero-order valence-electron chi connectivity index (χ0n) is 19.3. The monoisotopic (exact) mass is 505 g/mol. The Kier molecular flexibility index (Phi) is 5.48. The number of nitrogens with zero attached hydrogens (tertiary/aromatic N) is 6. The van der Waals surface area contributed by atoms with Gasteiger partial charge >= 0.3 is 0 Å². The number of aryl methyl sites for hydroxylation is 1. The van der Waals surface area contributed by atoms with Crippen molar-refractivity contribution >= 4 is 22.5 Å². The maximum absolute atomic E-state index is 14.8. The summed E-state index contributed by atoms with van der Waals surface area (Å²) in [7, 11) is 1.41. The van der Waals surface area contributed by atoms with Crippen LogP contribution in [-0.2, 0) is 11.3 Å². The Morgan fingerprint density at radius 2 is 2.11 bits per heavy atom. The van der Waals surface area contributed by atoms with Gasteiger partial charge in [-0.05, 0) is 23.8 Å². The third kappa shape index (κ3) is 3.73. The Balaban J connectivity index is 1.35. The van der Waals surface area contributed by atoms with Gasteiger partial charge in [-0.3, -0.25) is 4.90 Å². The first-order valence-electron chi connectivity index (χ1n) is 11.5. The van der Waals surface area contributed by atoms with Crippen molar-refractivity contribution in [2.45, 2.75) is 24.6 Å². The van der Waals surface area contributed by atoms with Crippen LogP contribution < -0.4 is 10.1 Å². The first-order chi connectivity index (χ1) is 17.4. The van der Waals surface area contributed by atoms with Crippen molar-refractivity contribution in [2.75, 3.05) is 45.4 Å². The normalized spacial score (nSPS) is 20.3. The van der Waals surface area contributed by atoms with Crippen molar-refractivity contribution < 1.29 is 27.0 Å². The largest absolute Gasteiger partial charge is 0.479 e. The molecule has 1 atom stereocenters. The predicted molar refractivity (Wildman–Crippen MR) is 123 cm³/mol. The summed E-state index contributed by atoms with van der Waals surface area (Å²) < 4.78 is 70.8. The number of halogens is 4. The van der Waals surface area contributed by atoms with E-state index in [-0.39, 0.29) is 43.0 Å². The Morgan fingerprint density at radius 1 is 1.28 bits per heavy atom. The minimum Gasteiger partial charge on any atom is -0.479 e. The standard InChI is InChI=1S/C23H23F4N7O2/c1-35-21-20-15(13-6-16(25)19-17(7-13)32(5-3-24)12-28-19)2-4-34(20)31-22(30-21)29-18-8-33(11-23(18,26)27)14-9-36-10-14/h2,4,6-7,12,14,18H,3,5,8-11H2,1H3,(H,29,31). The zero-order valence-corrected chi connectivity index (χ0v) is 19.3. The van der Waals surface area contributed by atoms with Crippen molar-refractivity contribution in [1.82, 2.24) is 29.0 Å². The summed E-state index contributed by atoms with van der Waals surface area (Å²) in [5.74, 6) is -3.41. The molecule has 4 aromatic rings. The van der Waals surface area contributed by atoms with Crippen LogP contribution in [0, 0.1) is 5.82 Å². The molecule has 2 aliphatic rings. The van der Waals surface area contributed by atoms with Gasteiger partial charge in [0, 0.05) is 18.3 Å². The van der Waals surface area contributed by atoms with Gasteiger partial charge in [0.05, 0.1) is 51.3 Å². The third-order valence-corrected chi connectivity index (χ3v) is 6.77. The van der Waals surface area contributed by atoms with Crippen LogP contribution >= 0.6 is 0 Å². The lowest BCUT2D eigenvalue weighted by Crippen LogP contribution is -2.48. The van der Waals surface area contributed by atoms with Crippen LogP contribution in [0.15, 0.2) is 30.7 Å². The van der Waals surface area contributed by atoms with Gasteiger partial charge in [0.1, 0.15) is 23.7 Å². The topological polar surface area (TPSA) is 81.7 Å². The number of ether oxygens (including phenoxy) is 2. The molecule has 0 aliphatic carbocycles. The number of anilines is 1. The van der Waals surface area contributed by atoms with E-state index in [0.29, 0.717) is 35.4 Å². The van der Waals surface area contributed by atoms with E-state index in [1.165, 1.54) is 28.6 Å². The number of imidazole rings is 1. The quantitative estimate of drug-likeness (QED) is 0.387. The number of hydrogen-bond acceptors (Lipinski definition) is 7. The fourth-order valence-electron chi connectivity index (χ4n) is 4.81. The molecule has 5 heterocycles. The van der Waals surface area contributed by atoms with Crippen molar-refractivity contribution in [1.29, 1.82) is 0 Å². The van der Waals surface area contributed by atoms with Crippen molar-refractivity contribution in [2.24, 2.45) is 0 Å². The highest BCUT2D eigenvalue weighted by Gasteiger charge is 2.51. The second-order valence-electron chi connectivity index (χ2n) is 9.00. The number of likely N-dealkylation sites (tertiary alicyclic amines) is 1. The average molecular weight is 505 g/mol. The van der Waals surface area contributed by atoms with Crippen LogP contribution in [0.3, 0.4) is 0 Å². The molecule has 0 saturated carbocycles. The Hall–Kier alpha value is -3.45. The molecular weight excluding hydrogens is 482 g/mol. The van der Waals surface area contributed by atoms with Crippen LogP contribution in [-0.4, -0.2) is 87.1 Å². The SMILES string of the molecule is COc1nc(NC2CN(C3COC3)CC2(F)F)nn2ccc(-c3cc(F)c4ncn(CCF)c4c3)c12. The maximum Gasteiger partial charge on any atom is 0.281 e. The summed E-state index contributed by atoms with van der Waals surface area (Å²) in [5, 5.41) is 7.13. The van der Waals surface area contributed by atoms with Gasteiger partial charge in [-0.1, -0.05) is 0 Å². The van der Waals surface area contributed by atoms with Crippen LogP contribution in [0.5, 0.6) is 5.88 Å². The van der Waals surface area contributed by atoms with E-state index in [0.717, 1.165) is 0 Å². The van der Waals surface area contributed by atoms with Gasteiger partial charge in [0.25, 0.3) is 5.92 Å². The number of nitrogens with one attached hydrogen (secondary N) is 1. The fraction of sp³-hybridized carbons (Fsp3) is 0.435. The molecule has 1 aromatic carbocycles. The third-order valence-electron chi connectivity index (χ3n) is 6.77. The summed E-state index contributed by atoms with van der Waals surface area (Å²) in [6.45, 7) is 0.106. The van der Waals surface area contributed by atoms with Gasteiger partial charge in [-0.2, -0.15) is 4.98 Å². The lowest BCUT2D eigenvalue weighted by Gasteiger charge is -2.34. The molecule has 1 unspecified atom stereocenters. The molecule has 0 bridgehead atoms. The first kappa shape index (κ1) is 23.0. The minimum absolute atomic E-state index is 0.00781. The molecule has 2 saturated heterocycles. The maximum atomic E-state index is 14.8. The molecule has 1 N–H and O–H groups in total. The minimum atomic E-state index is -2.97. The lowest BCUT2D eigenvalue weighted by atomic mass is 10.1. The molecule has 13 heteroatoms. The molecule has 9 nitrogen and oxygen atoms in total. The summed E-state index contributed by atoms with van der Waals surface area (Å²) in [4.78, 5) is 10.1. The molecule has 190 valence electrons. The Bertz CT molecular complexity index is 1440. The van der Waals surface area contributed by atoms with E-state index in [9.17, 15) is 17.6 Å². The zero-order chi connectivity index (χ0) is 25.0. The highest BCUT2D eigenvalue weighted by molar-refractivity contribution is 5.90. The van der Waals surface area contributed by atoms with E-state index >= 15 is 0 Å². The van der Waals surface area contributed by atoms with Crippen LogP contribution in [0.4, 0.5) is 23.5 Å². The summed E-state index contributed by atoms with van der Waals surface area (Å²) in [5.41, 5.74) is 2.08. The molecule has 0 spiro atoms.